The molecule has 0 saturated carbocycles. The van der Waals surface area contributed by atoms with Crippen LogP contribution in [0.25, 0.3) is 0 Å². The fourth-order valence-electron chi connectivity index (χ4n) is 0. The molecule has 0 saturated heterocycles. The Morgan fingerprint density at radius 3 is 0.346 bits per heavy atom. The molecule has 0 bridgehead atoms. The molecule has 0 aromatic heterocycles. The van der Waals surface area contributed by atoms with E-state index in [1.807, 2.05) is 0 Å². The number of phosphoric acid groups is 3. The van der Waals surface area contributed by atoms with Crippen LogP contribution in [0.3, 0.4) is 0 Å². The molecule has 128 valence electrons. The van der Waals surface area contributed by atoms with Gasteiger partial charge in [0.05, 0.1) is 0 Å². The van der Waals surface area contributed by atoms with Crippen molar-refractivity contribution in [2.75, 3.05) is 0 Å². The van der Waals surface area contributed by atoms with E-state index in [2.05, 4.69) is 0 Å². The second-order valence-corrected chi connectivity index (χ2v) is 4.02. The summed E-state index contributed by atoms with van der Waals surface area (Å²) >= 11 is 0. The van der Waals surface area contributed by atoms with Gasteiger partial charge in [0.2, 0.25) is 0 Å². The Hall–Kier alpha value is 6.25. The average Bonchev–Trinajstić information content (AvgIpc) is 1.41. The summed E-state index contributed by atoms with van der Waals surface area (Å²) in [7, 11) is -16.2. The van der Waals surface area contributed by atoms with E-state index < -0.39 is 23.5 Å². The quantitative estimate of drug-likeness (QED) is 0.203. The van der Waals surface area contributed by atoms with Gasteiger partial charge in [-0.1, -0.05) is 0 Å². The maximum absolute atomic E-state index is 8.55. The fraction of sp³-hybridized carbons (Fsp3) is 0. The van der Waals surface area contributed by atoms with E-state index in [1.165, 1.54) is 0 Å². The van der Waals surface area contributed by atoms with E-state index >= 15 is 0 Å². The molecule has 0 unspecified atom stereocenters. The van der Waals surface area contributed by atoms with Crippen LogP contribution in [0.2, 0.25) is 0 Å². The van der Waals surface area contributed by atoms with Crippen LogP contribution in [0, 0.1) is 0 Å². The van der Waals surface area contributed by atoms with Crippen molar-refractivity contribution < 1.29 is 71.8 Å². The van der Waals surface area contributed by atoms with Gasteiger partial charge in [-0.2, -0.15) is 23.5 Å². The van der Waals surface area contributed by atoms with E-state index in [0.29, 0.717) is 0 Å². The van der Waals surface area contributed by atoms with Crippen LogP contribution in [0.4, 0.5) is 0 Å². The molecule has 0 aliphatic carbocycles. The first-order valence-corrected chi connectivity index (χ1v) is 6.57. The van der Waals surface area contributed by atoms with Crippen molar-refractivity contribution >= 4 is 211 Å². The van der Waals surface area contributed by atoms with Crippen LogP contribution in [-0.4, -0.2) is 188 Å². The summed E-state index contributed by atoms with van der Waals surface area (Å²) in [4.78, 5) is 76.9. The summed E-state index contributed by atoms with van der Waals surface area (Å²) in [5.74, 6) is 0. The zero-order valence-corrected chi connectivity index (χ0v) is 17.0. The van der Waals surface area contributed by atoms with E-state index in [4.69, 9.17) is 57.7 Å². The monoisotopic (exact) mass is 546 g/mol. The molecule has 0 amide bonds. The van der Waals surface area contributed by atoms with Gasteiger partial charge in [0.25, 0.3) is 0 Å². The molecule has 0 spiro atoms. The predicted molar refractivity (Wildman–Crippen MR) is 74.4 cm³/mol. The van der Waals surface area contributed by atoms with Crippen molar-refractivity contribution in [1.29, 1.82) is 0 Å². The van der Waals surface area contributed by atoms with Gasteiger partial charge >= 0.3 is 188 Å². The van der Waals surface area contributed by atoms with Crippen LogP contribution in [0.1, 0.15) is 0 Å². The molecule has 0 radical (unpaired) electrons. The Kier molecular flexibility index (Phi) is 177. The van der Waals surface area contributed by atoms with Gasteiger partial charge in [-0.15, -0.1) is 0 Å². The molecule has 12 nitrogen and oxygen atoms in total. The first kappa shape index (κ1) is 94.6. The predicted octanol–water partition coefficient (Wildman–Crippen LogP) is -21.6. The van der Waals surface area contributed by atoms with Crippen molar-refractivity contribution in [1.82, 2.24) is 0 Å². The Morgan fingerprint density at radius 2 is 0.346 bits per heavy atom. The molecule has 26 heteroatoms. The molecule has 0 aliphatic heterocycles. The standard InChI is InChI=1S/4Al.3FH.4Na.3H3O4P.4H/c;;;;;;;;;;;3*1-5(2,3)4;;;;/h;;;;3*1H;;;;;3*(H3,1,2,3,4);;;;/q4*+3;;;;;;;;;;;;;;/p-12. The molecule has 0 atom stereocenters. The van der Waals surface area contributed by atoms with Gasteiger partial charge in [0, 0.05) is 0 Å². The van der Waals surface area contributed by atoms with E-state index in [-0.39, 0.29) is 202 Å². The summed E-state index contributed by atoms with van der Waals surface area (Å²) in [6, 6.07) is 0. The van der Waals surface area contributed by atoms with E-state index in [1.54, 1.807) is 0 Å². The molecular formula is H4Al4F3Na4O12P3. The second kappa shape index (κ2) is 48.6. The van der Waals surface area contributed by atoms with E-state index in [9.17, 15) is 0 Å². The SMILES string of the molecule is O=P([O-])([O-])[O-].O=P([O-])([O-])[O-].O=P([O-])([O-])[O-].[Al+3].[Al+3].[Al+3].[Al+3].[F-].[F-].[F-].[NaH].[NaH].[NaH].[NaH]. The second-order valence-electron chi connectivity index (χ2n) is 1.34. The molecule has 0 aliphatic rings. The average molecular weight is 546 g/mol. The van der Waals surface area contributed by atoms with Gasteiger partial charge in [-0.25, -0.2) is 0 Å². The third-order valence-electron chi connectivity index (χ3n) is 0. The summed E-state index contributed by atoms with van der Waals surface area (Å²) < 4.78 is 25.6. The summed E-state index contributed by atoms with van der Waals surface area (Å²) in [6.07, 6.45) is 0. The molecule has 0 aromatic rings. The molecule has 0 rings (SSSR count). The number of hydrogen-bond acceptors (Lipinski definition) is 12. The van der Waals surface area contributed by atoms with Gasteiger partial charge in [-0.3, -0.25) is 0 Å². The minimum atomic E-state index is -5.39. The fourth-order valence-corrected chi connectivity index (χ4v) is 0. The van der Waals surface area contributed by atoms with Gasteiger partial charge in [0.15, 0.2) is 0 Å². The topological polar surface area (TPSA) is 259 Å². The number of rotatable bonds is 0. The number of halogens is 3. The van der Waals surface area contributed by atoms with Crippen LogP contribution >= 0.6 is 23.5 Å². The molecule has 0 heterocycles. The molecule has 0 aromatic carbocycles. The van der Waals surface area contributed by atoms with Crippen molar-refractivity contribution in [3.05, 3.63) is 0 Å². The first-order valence-electron chi connectivity index (χ1n) is 2.19. The Balaban J connectivity index is -0.00000000571. The Labute approximate surface area is 278 Å². The summed E-state index contributed by atoms with van der Waals surface area (Å²) in [5, 5.41) is 0. The third kappa shape index (κ3) is 663. The van der Waals surface area contributed by atoms with Crippen molar-refractivity contribution in [2.45, 2.75) is 0 Å². The molecule has 26 heavy (non-hydrogen) atoms. The molecular weight excluding hydrogens is 542 g/mol. The van der Waals surface area contributed by atoms with Crippen molar-refractivity contribution in [3.63, 3.8) is 0 Å². The molecule has 0 N–H and O–H groups in total. The summed E-state index contributed by atoms with van der Waals surface area (Å²) in [5.41, 5.74) is 0. The van der Waals surface area contributed by atoms with Gasteiger partial charge < -0.3 is 71.8 Å². The van der Waals surface area contributed by atoms with Crippen LogP contribution in [0.15, 0.2) is 0 Å². The summed E-state index contributed by atoms with van der Waals surface area (Å²) in [6.45, 7) is 0. The van der Waals surface area contributed by atoms with E-state index in [0.717, 1.165) is 0 Å². The van der Waals surface area contributed by atoms with Gasteiger partial charge in [0.1, 0.15) is 0 Å². The van der Waals surface area contributed by atoms with Gasteiger partial charge in [-0.05, 0) is 0 Å². The minimum absolute atomic E-state index is 0. The van der Waals surface area contributed by atoms with Crippen molar-refractivity contribution in [2.24, 2.45) is 0 Å². The molecule has 0 fully saturated rings. The third-order valence-corrected chi connectivity index (χ3v) is 0. The van der Waals surface area contributed by atoms with Crippen LogP contribution < -0.4 is 58.2 Å². The Bertz CT molecular complexity index is 240. The zero-order valence-electron chi connectivity index (χ0n) is 9.68. The van der Waals surface area contributed by atoms with Crippen LogP contribution in [0.5, 0.6) is 0 Å². The normalized spacial score (nSPS) is 6.81. The maximum atomic E-state index is 8.55. The zero-order chi connectivity index (χ0) is 13.5. The number of hydrogen-bond donors (Lipinski definition) is 0. The Morgan fingerprint density at radius 1 is 0.346 bits per heavy atom. The van der Waals surface area contributed by atoms with Crippen molar-refractivity contribution in [3.8, 4) is 0 Å². The van der Waals surface area contributed by atoms with Crippen LogP contribution in [-0.2, 0) is 13.7 Å². The first-order chi connectivity index (χ1) is 6.00.